The lowest BCUT2D eigenvalue weighted by Gasteiger charge is -2.28. The van der Waals surface area contributed by atoms with Crippen LogP contribution in [0.4, 0.5) is 0 Å². The highest BCUT2D eigenvalue weighted by Gasteiger charge is 2.15. The minimum absolute atomic E-state index is 0.320. The van der Waals surface area contributed by atoms with Gasteiger partial charge in [-0.2, -0.15) is 0 Å². The van der Waals surface area contributed by atoms with Crippen molar-refractivity contribution in [1.29, 1.82) is 0 Å². The first-order chi connectivity index (χ1) is 8.24. The van der Waals surface area contributed by atoms with Gasteiger partial charge in [-0.15, -0.1) is 0 Å². The number of rotatable bonds is 4. The zero-order valence-electron chi connectivity index (χ0n) is 10.2. The van der Waals surface area contributed by atoms with Crippen molar-refractivity contribution in [3.63, 3.8) is 0 Å². The molecule has 1 atom stereocenters. The number of morpholine rings is 1. The topological polar surface area (TPSA) is 24.5 Å². The Hall–Kier alpha value is -0.420. The molecule has 1 heterocycles. The maximum Gasteiger partial charge on any atom is 0.0826 e. The van der Waals surface area contributed by atoms with Crippen LogP contribution in [0.3, 0.4) is 0 Å². The third-order valence-corrected chi connectivity index (χ3v) is 3.35. The van der Waals surface area contributed by atoms with E-state index in [0.717, 1.165) is 37.3 Å². The van der Waals surface area contributed by atoms with Gasteiger partial charge in [0.15, 0.2) is 0 Å². The molecule has 1 aliphatic heterocycles. The van der Waals surface area contributed by atoms with E-state index in [2.05, 4.69) is 57.5 Å². The number of ether oxygens (including phenoxy) is 1. The van der Waals surface area contributed by atoms with Gasteiger partial charge in [-0.1, -0.05) is 28.1 Å². The molecule has 0 saturated carbocycles. The summed E-state index contributed by atoms with van der Waals surface area (Å²) in [5.74, 6) is 0. The summed E-state index contributed by atoms with van der Waals surface area (Å²) in [4.78, 5) is 2.31. The molecular weight excluding hydrogens is 280 g/mol. The third-order valence-electron chi connectivity index (χ3n) is 2.86. The molecule has 1 aromatic rings. The summed E-state index contributed by atoms with van der Waals surface area (Å²) < 4.78 is 6.83. The number of halogens is 1. The fourth-order valence-corrected chi connectivity index (χ4v) is 2.54. The summed E-state index contributed by atoms with van der Waals surface area (Å²) in [5, 5.41) is 3.35. The van der Waals surface area contributed by atoms with Crippen LogP contribution in [-0.2, 0) is 11.3 Å². The predicted octanol–water partition coefficient (Wildman–Crippen LogP) is 1.87. The van der Waals surface area contributed by atoms with Crippen molar-refractivity contribution in [3.8, 4) is 0 Å². The highest BCUT2D eigenvalue weighted by molar-refractivity contribution is 9.10. The molecule has 1 unspecified atom stereocenters. The van der Waals surface area contributed by atoms with Gasteiger partial charge in [0, 0.05) is 30.7 Å². The minimum atomic E-state index is 0.320. The quantitative estimate of drug-likeness (QED) is 0.918. The lowest BCUT2D eigenvalue weighted by molar-refractivity contribution is 0.00884. The van der Waals surface area contributed by atoms with Crippen molar-refractivity contribution in [3.05, 3.63) is 34.3 Å². The van der Waals surface area contributed by atoms with Crippen molar-refractivity contribution < 1.29 is 4.74 Å². The van der Waals surface area contributed by atoms with Crippen molar-refractivity contribution in [2.45, 2.75) is 12.6 Å². The van der Waals surface area contributed by atoms with E-state index in [-0.39, 0.29) is 0 Å². The zero-order chi connectivity index (χ0) is 12.1. The Morgan fingerprint density at radius 1 is 1.53 bits per heavy atom. The minimum Gasteiger partial charge on any atom is -0.374 e. The maximum absolute atomic E-state index is 5.70. The van der Waals surface area contributed by atoms with Crippen LogP contribution >= 0.6 is 15.9 Å². The monoisotopic (exact) mass is 298 g/mol. The molecule has 3 nitrogen and oxygen atoms in total. The van der Waals surface area contributed by atoms with E-state index < -0.39 is 0 Å². The average molecular weight is 299 g/mol. The highest BCUT2D eigenvalue weighted by atomic mass is 79.9. The molecule has 94 valence electrons. The van der Waals surface area contributed by atoms with Crippen molar-refractivity contribution in [2.24, 2.45) is 0 Å². The number of hydrogen-bond donors (Lipinski definition) is 1. The standard InChI is InChI=1S/C13H19BrN2O/c1-16(10-13-8-15-5-6-17-13)9-11-3-2-4-12(14)7-11/h2-4,7,13,15H,5-6,8-10H2,1H3. The van der Waals surface area contributed by atoms with Crippen LogP contribution in [0.2, 0.25) is 0 Å². The predicted molar refractivity (Wildman–Crippen MR) is 73.1 cm³/mol. The molecule has 1 saturated heterocycles. The summed E-state index contributed by atoms with van der Waals surface area (Å²) >= 11 is 3.50. The average Bonchev–Trinajstić information content (AvgIpc) is 2.30. The first-order valence-corrected chi connectivity index (χ1v) is 6.78. The van der Waals surface area contributed by atoms with Crippen LogP contribution in [0.1, 0.15) is 5.56 Å². The summed E-state index contributed by atoms with van der Waals surface area (Å²) in [6.07, 6.45) is 0.320. The molecule has 1 fully saturated rings. The number of benzene rings is 1. The molecule has 0 spiro atoms. The van der Waals surface area contributed by atoms with Gasteiger partial charge in [0.2, 0.25) is 0 Å². The number of likely N-dealkylation sites (N-methyl/N-ethyl adjacent to an activating group) is 1. The van der Waals surface area contributed by atoms with Gasteiger partial charge in [-0.3, -0.25) is 4.90 Å². The molecule has 4 heteroatoms. The molecule has 0 bridgehead atoms. The molecule has 0 aliphatic carbocycles. The summed E-state index contributed by atoms with van der Waals surface area (Å²) in [5.41, 5.74) is 1.32. The maximum atomic E-state index is 5.70. The number of hydrogen-bond acceptors (Lipinski definition) is 3. The highest BCUT2D eigenvalue weighted by Crippen LogP contribution is 2.13. The van der Waals surface area contributed by atoms with Gasteiger partial charge in [-0.05, 0) is 24.7 Å². The lowest BCUT2D eigenvalue weighted by Crippen LogP contribution is -2.44. The van der Waals surface area contributed by atoms with Gasteiger partial charge in [0.05, 0.1) is 12.7 Å². The van der Waals surface area contributed by atoms with Crippen molar-refractivity contribution in [2.75, 3.05) is 33.3 Å². The third kappa shape index (κ3) is 4.39. The first-order valence-electron chi connectivity index (χ1n) is 5.99. The van der Waals surface area contributed by atoms with Crippen LogP contribution in [0.5, 0.6) is 0 Å². The van der Waals surface area contributed by atoms with Crippen molar-refractivity contribution in [1.82, 2.24) is 10.2 Å². The van der Waals surface area contributed by atoms with Crippen LogP contribution in [-0.4, -0.2) is 44.3 Å². The Labute approximate surface area is 111 Å². The van der Waals surface area contributed by atoms with Gasteiger partial charge in [0.25, 0.3) is 0 Å². The molecular formula is C13H19BrN2O. The molecule has 1 aromatic carbocycles. The van der Waals surface area contributed by atoms with E-state index >= 15 is 0 Å². The smallest absolute Gasteiger partial charge is 0.0826 e. The Kier molecular flexibility index (Phi) is 4.98. The van der Waals surface area contributed by atoms with Gasteiger partial charge < -0.3 is 10.1 Å². The van der Waals surface area contributed by atoms with Gasteiger partial charge >= 0.3 is 0 Å². The first kappa shape index (κ1) is 13.0. The molecule has 1 N–H and O–H groups in total. The van der Waals surface area contributed by atoms with E-state index in [0.29, 0.717) is 6.10 Å². The van der Waals surface area contributed by atoms with Crippen LogP contribution in [0.15, 0.2) is 28.7 Å². The second-order valence-corrected chi connectivity index (χ2v) is 5.44. The molecule has 1 aliphatic rings. The fourth-order valence-electron chi connectivity index (χ4n) is 2.10. The Balaban J connectivity index is 1.82. The summed E-state index contributed by atoms with van der Waals surface area (Å²) in [7, 11) is 2.14. The van der Waals surface area contributed by atoms with E-state index in [1.807, 2.05) is 0 Å². The Morgan fingerprint density at radius 3 is 3.12 bits per heavy atom. The Bertz CT molecular complexity index is 353. The van der Waals surface area contributed by atoms with Crippen LogP contribution in [0, 0.1) is 0 Å². The number of nitrogens with one attached hydrogen (secondary N) is 1. The largest absolute Gasteiger partial charge is 0.374 e. The summed E-state index contributed by atoms with van der Waals surface area (Å²) in [6, 6.07) is 8.45. The summed E-state index contributed by atoms with van der Waals surface area (Å²) in [6.45, 7) is 4.70. The second-order valence-electron chi connectivity index (χ2n) is 4.52. The van der Waals surface area contributed by atoms with Crippen LogP contribution in [0.25, 0.3) is 0 Å². The SMILES string of the molecule is CN(Cc1cccc(Br)c1)CC1CNCCO1. The lowest BCUT2D eigenvalue weighted by atomic mass is 10.2. The van der Waals surface area contributed by atoms with E-state index in [1.165, 1.54) is 5.56 Å². The normalized spacial score (nSPS) is 20.8. The Morgan fingerprint density at radius 2 is 2.41 bits per heavy atom. The molecule has 0 amide bonds. The fraction of sp³-hybridized carbons (Fsp3) is 0.538. The van der Waals surface area contributed by atoms with E-state index in [9.17, 15) is 0 Å². The van der Waals surface area contributed by atoms with Gasteiger partial charge in [0.1, 0.15) is 0 Å². The molecule has 0 radical (unpaired) electrons. The number of nitrogens with zero attached hydrogens (tertiary/aromatic N) is 1. The van der Waals surface area contributed by atoms with Crippen LogP contribution < -0.4 is 5.32 Å². The van der Waals surface area contributed by atoms with Gasteiger partial charge in [-0.25, -0.2) is 0 Å². The molecule has 17 heavy (non-hydrogen) atoms. The van der Waals surface area contributed by atoms with E-state index in [4.69, 9.17) is 4.74 Å². The zero-order valence-corrected chi connectivity index (χ0v) is 11.7. The van der Waals surface area contributed by atoms with E-state index in [1.54, 1.807) is 0 Å². The second kappa shape index (κ2) is 6.50. The van der Waals surface area contributed by atoms with Crippen molar-refractivity contribution >= 4 is 15.9 Å². The molecule has 2 rings (SSSR count). The molecule has 0 aromatic heterocycles.